The molecule has 22 heavy (non-hydrogen) atoms. The molecule has 9 heteroatoms. The van der Waals surface area contributed by atoms with E-state index in [1.54, 1.807) is 4.90 Å². The molecule has 0 bridgehead atoms. The van der Waals surface area contributed by atoms with E-state index in [9.17, 15) is 18.0 Å². The molecule has 0 aromatic heterocycles. The minimum absolute atomic E-state index is 0.106. The number of likely N-dealkylation sites (tertiary alicyclic amines) is 1. The Kier molecular flexibility index (Phi) is 5.17. The van der Waals surface area contributed by atoms with Gasteiger partial charge in [0.25, 0.3) is 5.91 Å². The Hall–Kier alpha value is -1.48. The third-order valence-corrected chi connectivity index (χ3v) is 4.61. The lowest BCUT2D eigenvalue weighted by Gasteiger charge is -2.36. The summed E-state index contributed by atoms with van der Waals surface area (Å²) in [7, 11) is -1.75. The van der Waals surface area contributed by atoms with Crippen molar-refractivity contribution in [3.8, 4) is 0 Å². The van der Waals surface area contributed by atoms with Crippen LogP contribution >= 0.6 is 0 Å². The van der Waals surface area contributed by atoms with Crippen LogP contribution in [0.1, 0.15) is 32.1 Å². The summed E-state index contributed by atoms with van der Waals surface area (Å²) in [5.41, 5.74) is 0.369. The second-order valence-corrected chi connectivity index (χ2v) is 7.57. The number of carbonyl (C=O) groups excluding carboxylic acids is 2. The molecule has 1 atom stereocenters. The molecule has 0 spiro atoms. The molecule has 2 aliphatic rings. The number of hydrogen-bond donors (Lipinski definition) is 1. The summed E-state index contributed by atoms with van der Waals surface area (Å²) >= 11 is 0. The zero-order chi connectivity index (χ0) is 16.3. The Morgan fingerprint density at radius 2 is 2.09 bits per heavy atom. The van der Waals surface area contributed by atoms with Gasteiger partial charge < -0.3 is 4.90 Å². The van der Waals surface area contributed by atoms with Crippen LogP contribution in [0, 0.1) is 0 Å². The van der Waals surface area contributed by atoms with E-state index in [1.165, 1.54) is 12.1 Å². The molecular formula is C13H22N4O4S. The molecule has 1 fully saturated rings. The Morgan fingerprint density at radius 3 is 2.73 bits per heavy atom. The van der Waals surface area contributed by atoms with Crippen LogP contribution < -0.4 is 4.72 Å². The van der Waals surface area contributed by atoms with Gasteiger partial charge >= 0.3 is 0 Å². The molecule has 1 saturated heterocycles. The van der Waals surface area contributed by atoms with Crippen molar-refractivity contribution in [2.75, 3.05) is 26.4 Å². The van der Waals surface area contributed by atoms with Crippen LogP contribution in [0.15, 0.2) is 5.10 Å². The monoisotopic (exact) mass is 330 g/mol. The Bertz CT molecular complexity index is 587. The molecule has 0 aromatic carbocycles. The van der Waals surface area contributed by atoms with Crippen LogP contribution in [0.5, 0.6) is 0 Å². The Labute approximate surface area is 130 Å². The van der Waals surface area contributed by atoms with Crippen molar-refractivity contribution in [2.24, 2.45) is 5.10 Å². The first-order valence-corrected chi connectivity index (χ1v) is 9.26. The molecule has 0 aliphatic carbocycles. The first-order valence-electron chi connectivity index (χ1n) is 7.37. The molecule has 124 valence electrons. The number of sulfonamides is 1. The molecule has 0 saturated carbocycles. The highest BCUT2D eigenvalue weighted by Crippen LogP contribution is 2.19. The van der Waals surface area contributed by atoms with E-state index >= 15 is 0 Å². The maximum atomic E-state index is 12.6. The first-order chi connectivity index (χ1) is 10.3. The van der Waals surface area contributed by atoms with E-state index in [1.807, 2.05) is 0 Å². The number of rotatable bonds is 4. The van der Waals surface area contributed by atoms with E-state index in [0.717, 1.165) is 25.5 Å². The number of amides is 2. The largest absolute Gasteiger partial charge is 0.333 e. The fourth-order valence-corrected chi connectivity index (χ4v) is 3.21. The Balaban J connectivity index is 2.08. The summed E-state index contributed by atoms with van der Waals surface area (Å²) < 4.78 is 25.0. The molecule has 1 unspecified atom stereocenters. The molecule has 2 aliphatic heterocycles. The minimum atomic E-state index is -3.28. The summed E-state index contributed by atoms with van der Waals surface area (Å²) in [4.78, 5) is 25.7. The summed E-state index contributed by atoms with van der Waals surface area (Å²) in [6, 6.07) is -0.165. The van der Waals surface area contributed by atoms with Crippen molar-refractivity contribution in [1.82, 2.24) is 14.6 Å². The van der Waals surface area contributed by atoms with Crippen molar-refractivity contribution >= 4 is 27.5 Å². The average molecular weight is 330 g/mol. The van der Waals surface area contributed by atoms with E-state index in [-0.39, 0.29) is 30.8 Å². The van der Waals surface area contributed by atoms with Gasteiger partial charge in [0.2, 0.25) is 15.9 Å². The predicted molar refractivity (Wildman–Crippen MR) is 81.6 cm³/mol. The van der Waals surface area contributed by atoms with Gasteiger partial charge in [-0.2, -0.15) is 5.10 Å². The predicted octanol–water partition coefficient (Wildman–Crippen LogP) is -0.475. The maximum Gasteiger partial charge on any atom is 0.270 e. The van der Waals surface area contributed by atoms with Gasteiger partial charge in [-0.25, -0.2) is 18.1 Å². The van der Waals surface area contributed by atoms with Crippen LogP contribution in [-0.4, -0.2) is 68.3 Å². The SMILES string of the molecule is CN1N=C(C(=O)N2CCCCC2CNS(C)(=O)=O)CCC1=O. The third-order valence-electron chi connectivity index (χ3n) is 3.92. The van der Waals surface area contributed by atoms with Crippen molar-refractivity contribution in [1.29, 1.82) is 0 Å². The number of hydrogen-bond acceptors (Lipinski definition) is 5. The van der Waals surface area contributed by atoms with Gasteiger partial charge in [0.1, 0.15) is 5.71 Å². The zero-order valence-corrected chi connectivity index (χ0v) is 13.7. The van der Waals surface area contributed by atoms with Crippen LogP contribution in [0.25, 0.3) is 0 Å². The lowest BCUT2D eigenvalue weighted by molar-refractivity contribution is -0.131. The molecule has 2 rings (SSSR count). The van der Waals surface area contributed by atoms with Gasteiger partial charge in [-0.1, -0.05) is 0 Å². The summed E-state index contributed by atoms with van der Waals surface area (Å²) in [5, 5.41) is 5.25. The van der Waals surface area contributed by atoms with Crippen LogP contribution in [0.2, 0.25) is 0 Å². The summed E-state index contributed by atoms with van der Waals surface area (Å²) in [6.45, 7) is 0.804. The highest BCUT2D eigenvalue weighted by Gasteiger charge is 2.32. The fourth-order valence-electron chi connectivity index (χ4n) is 2.72. The summed E-state index contributed by atoms with van der Waals surface area (Å²) in [6.07, 6.45) is 4.34. The number of carbonyl (C=O) groups is 2. The topological polar surface area (TPSA) is 99.2 Å². The number of nitrogens with one attached hydrogen (secondary N) is 1. The molecule has 0 radical (unpaired) electrons. The number of piperidine rings is 1. The van der Waals surface area contributed by atoms with Crippen molar-refractivity contribution in [3.63, 3.8) is 0 Å². The quantitative estimate of drug-likeness (QED) is 0.753. The van der Waals surface area contributed by atoms with Gasteiger partial charge in [-0.3, -0.25) is 9.59 Å². The van der Waals surface area contributed by atoms with Crippen LogP contribution in [-0.2, 0) is 19.6 Å². The van der Waals surface area contributed by atoms with E-state index in [2.05, 4.69) is 9.82 Å². The van der Waals surface area contributed by atoms with E-state index < -0.39 is 10.0 Å². The molecule has 0 aromatic rings. The molecule has 2 amide bonds. The first kappa shape index (κ1) is 16.9. The molecule has 2 heterocycles. The standard InChI is InChI=1S/C13H22N4O4S/c1-16-12(18)7-6-11(15-16)13(19)17-8-4-3-5-10(17)9-14-22(2,20)21/h10,14H,3-9H2,1-2H3. The number of nitrogens with zero attached hydrogens (tertiary/aromatic N) is 3. The second-order valence-electron chi connectivity index (χ2n) is 5.73. The molecule has 8 nitrogen and oxygen atoms in total. The minimum Gasteiger partial charge on any atom is -0.333 e. The van der Waals surface area contributed by atoms with E-state index in [4.69, 9.17) is 0 Å². The fraction of sp³-hybridized carbons (Fsp3) is 0.769. The molecule has 1 N–H and O–H groups in total. The lowest BCUT2D eigenvalue weighted by atomic mass is 10.0. The second kappa shape index (κ2) is 6.74. The normalized spacial score (nSPS) is 23.5. The van der Waals surface area contributed by atoms with Gasteiger partial charge in [0.15, 0.2) is 0 Å². The zero-order valence-electron chi connectivity index (χ0n) is 12.9. The van der Waals surface area contributed by atoms with Crippen LogP contribution in [0.3, 0.4) is 0 Å². The van der Waals surface area contributed by atoms with Crippen LogP contribution in [0.4, 0.5) is 0 Å². The molecular weight excluding hydrogens is 308 g/mol. The van der Waals surface area contributed by atoms with Gasteiger partial charge in [-0.15, -0.1) is 0 Å². The van der Waals surface area contributed by atoms with E-state index in [0.29, 0.717) is 18.7 Å². The smallest absolute Gasteiger partial charge is 0.270 e. The summed E-state index contributed by atoms with van der Waals surface area (Å²) in [5.74, 6) is -0.301. The Morgan fingerprint density at radius 1 is 1.36 bits per heavy atom. The maximum absolute atomic E-state index is 12.6. The number of hydrazone groups is 1. The van der Waals surface area contributed by atoms with Crippen molar-refractivity contribution < 1.29 is 18.0 Å². The van der Waals surface area contributed by atoms with Gasteiger partial charge in [0.05, 0.1) is 6.26 Å². The van der Waals surface area contributed by atoms with Gasteiger partial charge in [-0.05, 0) is 19.3 Å². The highest BCUT2D eigenvalue weighted by molar-refractivity contribution is 7.88. The third kappa shape index (κ3) is 4.26. The average Bonchev–Trinajstić information content (AvgIpc) is 2.47. The van der Waals surface area contributed by atoms with Crippen molar-refractivity contribution in [2.45, 2.75) is 38.1 Å². The highest BCUT2D eigenvalue weighted by atomic mass is 32.2. The van der Waals surface area contributed by atoms with Gasteiger partial charge in [0, 0.05) is 39.0 Å². The van der Waals surface area contributed by atoms with Crippen molar-refractivity contribution in [3.05, 3.63) is 0 Å². The lowest BCUT2D eigenvalue weighted by Crippen LogP contribution is -2.52.